The molecule has 0 saturated carbocycles. The van der Waals surface area contributed by atoms with E-state index in [1.165, 1.54) is 18.5 Å². The Kier molecular flexibility index (Phi) is 5.00. The first-order chi connectivity index (χ1) is 9.93. The van der Waals surface area contributed by atoms with Crippen LogP contribution in [0.15, 0.2) is 22.9 Å². The Morgan fingerprint density at radius 3 is 2.48 bits per heavy atom. The van der Waals surface area contributed by atoms with Crippen molar-refractivity contribution in [2.75, 3.05) is 17.7 Å². The summed E-state index contributed by atoms with van der Waals surface area (Å²) in [6.07, 6.45) is 1.46. The highest BCUT2D eigenvalue weighted by Crippen LogP contribution is 2.36. The van der Waals surface area contributed by atoms with Crippen molar-refractivity contribution < 1.29 is 4.39 Å². The third-order valence-corrected chi connectivity index (χ3v) is 3.87. The number of halogens is 3. The summed E-state index contributed by atoms with van der Waals surface area (Å²) in [7, 11) is 1.80. The normalized spacial score (nSPS) is 10.8. The van der Waals surface area contributed by atoms with Crippen LogP contribution >= 0.6 is 27.5 Å². The second kappa shape index (κ2) is 6.58. The van der Waals surface area contributed by atoms with Crippen LogP contribution in [0, 0.1) is 5.82 Å². The highest BCUT2D eigenvalue weighted by molar-refractivity contribution is 9.10. The van der Waals surface area contributed by atoms with Crippen LogP contribution in [-0.4, -0.2) is 17.0 Å². The van der Waals surface area contributed by atoms with Crippen molar-refractivity contribution in [1.82, 2.24) is 9.97 Å². The van der Waals surface area contributed by atoms with E-state index in [1.807, 2.05) is 13.8 Å². The number of hydrogen-bond acceptors (Lipinski definition) is 4. The van der Waals surface area contributed by atoms with Crippen molar-refractivity contribution in [3.63, 3.8) is 0 Å². The van der Waals surface area contributed by atoms with Crippen molar-refractivity contribution in [2.45, 2.75) is 19.8 Å². The summed E-state index contributed by atoms with van der Waals surface area (Å²) in [5.41, 5.74) is 1.51. The molecule has 0 amide bonds. The van der Waals surface area contributed by atoms with Gasteiger partial charge in [-0.15, -0.1) is 0 Å². The molecule has 0 atom stereocenters. The second-order valence-electron chi connectivity index (χ2n) is 4.76. The van der Waals surface area contributed by atoms with E-state index in [9.17, 15) is 4.39 Å². The fourth-order valence-corrected chi connectivity index (χ4v) is 2.92. The van der Waals surface area contributed by atoms with Crippen LogP contribution in [0.3, 0.4) is 0 Å². The number of nitrogens with one attached hydrogen (secondary N) is 2. The number of hydrogen-bond donors (Lipinski definition) is 2. The largest absolute Gasteiger partial charge is 0.373 e. The average Bonchev–Trinajstić information content (AvgIpc) is 2.42. The van der Waals surface area contributed by atoms with E-state index in [0.717, 1.165) is 11.4 Å². The van der Waals surface area contributed by atoms with E-state index in [0.29, 0.717) is 16.0 Å². The third-order valence-electron chi connectivity index (χ3n) is 2.95. The number of anilines is 3. The zero-order chi connectivity index (χ0) is 15.6. The number of nitrogens with zero attached hydrogens (tertiary/aromatic N) is 2. The molecule has 7 heteroatoms. The molecule has 4 nitrogen and oxygen atoms in total. The van der Waals surface area contributed by atoms with E-state index >= 15 is 0 Å². The number of rotatable bonds is 4. The minimum Gasteiger partial charge on any atom is -0.373 e. The standard InChI is InChI=1S/C14H15BrClFN4/c1-7(2)11-13(18-3)19-6-20-14(11)21-12-9(15)4-8(17)5-10(12)16/h4-7H,1-3H3,(H2,18,19,20,21). The van der Waals surface area contributed by atoms with Crippen molar-refractivity contribution >= 4 is 44.9 Å². The molecule has 0 radical (unpaired) electrons. The first kappa shape index (κ1) is 16.0. The van der Waals surface area contributed by atoms with Gasteiger partial charge < -0.3 is 10.6 Å². The maximum Gasteiger partial charge on any atom is 0.139 e. The first-order valence-corrected chi connectivity index (χ1v) is 7.55. The summed E-state index contributed by atoms with van der Waals surface area (Å²) < 4.78 is 13.8. The maximum absolute atomic E-state index is 13.3. The molecular weight excluding hydrogens is 359 g/mol. The van der Waals surface area contributed by atoms with Gasteiger partial charge in [-0.25, -0.2) is 14.4 Å². The molecule has 112 valence electrons. The maximum atomic E-state index is 13.3. The smallest absolute Gasteiger partial charge is 0.139 e. The molecule has 1 aromatic heterocycles. The van der Waals surface area contributed by atoms with Crippen molar-refractivity contribution in [3.05, 3.63) is 39.3 Å². The van der Waals surface area contributed by atoms with E-state index in [4.69, 9.17) is 11.6 Å². The van der Waals surface area contributed by atoms with Crippen molar-refractivity contribution in [1.29, 1.82) is 0 Å². The lowest BCUT2D eigenvalue weighted by Crippen LogP contribution is -2.07. The highest BCUT2D eigenvalue weighted by Gasteiger charge is 2.16. The third kappa shape index (κ3) is 3.44. The van der Waals surface area contributed by atoms with Gasteiger partial charge in [-0.05, 0) is 34.0 Å². The Hall–Kier alpha value is -1.40. The molecule has 0 spiro atoms. The quantitative estimate of drug-likeness (QED) is 0.797. The summed E-state index contributed by atoms with van der Waals surface area (Å²) in [5.74, 6) is 1.18. The Morgan fingerprint density at radius 2 is 1.90 bits per heavy atom. The minimum absolute atomic E-state index is 0.203. The lowest BCUT2D eigenvalue weighted by atomic mass is 10.0. The Labute approximate surface area is 136 Å². The average molecular weight is 374 g/mol. The topological polar surface area (TPSA) is 49.8 Å². The second-order valence-corrected chi connectivity index (χ2v) is 6.02. The van der Waals surface area contributed by atoms with Gasteiger partial charge in [0.15, 0.2) is 0 Å². The van der Waals surface area contributed by atoms with Gasteiger partial charge in [0, 0.05) is 17.1 Å². The van der Waals surface area contributed by atoms with Crippen LogP contribution < -0.4 is 10.6 Å². The van der Waals surface area contributed by atoms with E-state index in [1.54, 1.807) is 7.05 Å². The minimum atomic E-state index is -0.403. The van der Waals surface area contributed by atoms with Gasteiger partial charge in [-0.3, -0.25) is 0 Å². The van der Waals surface area contributed by atoms with Crippen LogP contribution in [0.4, 0.5) is 21.7 Å². The molecule has 0 aliphatic rings. The summed E-state index contributed by atoms with van der Waals surface area (Å²) in [6, 6.07) is 2.60. The Morgan fingerprint density at radius 1 is 1.24 bits per heavy atom. The lowest BCUT2D eigenvalue weighted by molar-refractivity contribution is 0.627. The fraction of sp³-hybridized carbons (Fsp3) is 0.286. The summed E-state index contributed by atoms with van der Waals surface area (Å²) in [5, 5.41) is 6.48. The molecule has 0 aliphatic heterocycles. The Balaban J connectivity index is 2.50. The van der Waals surface area contributed by atoms with E-state index in [-0.39, 0.29) is 10.9 Å². The molecule has 0 bridgehead atoms. The van der Waals surface area contributed by atoms with Crippen molar-refractivity contribution in [3.8, 4) is 0 Å². The molecule has 0 aliphatic carbocycles. The predicted octanol–water partition coefficient (Wildman–Crippen LogP) is 4.94. The highest BCUT2D eigenvalue weighted by atomic mass is 79.9. The van der Waals surface area contributed by atoms with Gasteiger partial charge in [-0.1, -0.05) is 25.4 Å². The zero-order valence-corrected chi connectivity index (χ0v) is 14.2. The van der Waals surface area contributed by atoms with Crippen LogP contribution in [0.25, 0.3) is 0 Å². The summed E-state index contributed by atoms with van der Waals surface area (Å²) in [6.45, 7) is 4.10. The molecular formula is C14H15BrClFN4. The van der Waals surface area contributed by atoms with Gasteiger partial charge in [0.1, 0.15) is 23.8 Å². The van der Waals surface area contributed by atoms with Gasteiger partial charge in [0.05, 0.1) is 10.7 Å². The summed E-state index contributed by atoms with van der Waals surface area (Å²) >= 11 is 9.41. The summed E-state index contributed by atoms with van der Waals surface area (Å²) in [4.78, 5) is 8.49. The van der Waals surface area contributed by atoms with Gasteiger partial charge in [-0.2, -0.15) is 0 Å². The molecule has 2 N–H and O–H groups in total. The molecule has 0 fully saturated rings. The van der Waals surface area contributed by atoms with Crippen LogP contribution in [0.5, 0.6) is 0 Å². The monoisotopic (exact) mass is 372 g/mol. The van der Waals surface area contributed by atoms with Crippen LogP contribution in [0.1, 0.15) is 25.3 Å². The zero-order valence-electron chi connectivity index (χ0n) is 11.8. The fourth-order valence-electron chi connectivity index (χ4n) is 2.02. The lowest BCUT2D eigenvalue weighted by Gasteiger charge is -2.18. The van der Waals surface area contributed by atoms with Crippen LogP contribution in [-0.2, 0) is 0 Å². The SMILES string of the molecule is CNc1ncnc(Nc2c(Cl)cc(F)cc2Br)c1C(C)C. The molecule has 0 unspecified atom stereocenters. The van der Waals surface area contributed by atoms with Gasteiger partial charge >= 0.3 is 0 Å². The van der Waals surface area contributed by atoms with Gasteiger partial charge in [0.25, 0.3) is 0 Å². The first-order valence-electron chi connectivity index (χ1n) is 6.38. The van der Waals surface area contributed by atoms with Gasteiger partial charge in [0.2, 0.25) is 0 Å². The van der Waals surface area contributed by atoms with E-state index < -0.39 is 5.82 Å². The van der Waals surface area contributed by atoms with Crippen LogP contribution in [0.2, 0.25) is 5.02 Å². The predicted molar refractivity (Wildman–Crippen MR) is 88.1 cm³/mol. The molecule has 2 aromatic rings. The number of aromatic nitrogens is 2. The molecule has 1 aromatic carbocycles. The molecule has 21 heavy (non-hydrogen) atoms. The van der Waals surface area contributed by atoms with Crippen molar-refractivity contribution in [2.24, 2.45) is 0 Å². The number of benzene rings is 1. The van der Waals surface area contributed by atoms with E-state index in [2.05, 4.69) is 36.5 Å². The molecule has 2 rings (SSSR count). The Bertz CT molecular complexity index is 640. The molecule has 1 heterocycles. The molecule has 0 saturated heterocycles.